The largest absolute Gasteiger partial charge is 0.462 e. The van der Waals surface area contributed by atoms with Crippen molar-refractivity contribution in [3.05, 3.63) is 50.8 Å². The second-order valence-electron chi connectivity index (χ2n) is 5.45. The van der Waals surface area contributed by atoms with E-state index >= 15 is 0 Å². The predicted molar refractivity (Wildman–Crippen MR) is 101 cm³/mol. The van der Waals surface area contributed by atoms with Crippen LogP contribution in [-0.2, 0) is 9.47 Å². The van der Waals surface area contributed by atoms with Crippen molar-refractivity contribution < 1.29 is 19.1 Å². The van der Waals surface area contributed by atoms with Crippen LogP contribution in [0.4, 0.5) is 0 Å². The van der Waals surface area contributed by atoms with Crippen molar-refractivity contribution in [1.29, 1.82) is 0 Å². The minimum atomic E-state index is -0.589. The van der Waals surface area contributed by atoms with E-state index in [9.17, 15) is 9.59 Å². The van der Waals surface area contributed by atoms with E-state index in [4.69, 9.17) is 32.7 Å². The zero-order valence-corrected chi connectivity index (χ0v) is 16.5. The molecule has 0 amide bonds. The minimum Gasteiger partial charge on any atom is -0.462 e. The lowest BCUT2D eigenvalue weighted by atomic mass is 9.92. The summed E-state index contributed by atoms with van der Waals surface area (Å²) in [5, 5.41) is 0.538. The van der Waals surface area contributed by atoms with E-state index in [1.54, 1.807) is 45.9 Å². The molecule has 0 aliphatic carbocycles. The molecule has 0 aliphatic heterocycles. The van der Waals surface area contributed by atoms with E-state index in [0.29, 0.717) is 27.5 Å². The van der Waals surface area contributed by atoms with Gasteiger partial charge in [-0.2, -0.15) is 0 Å². The van der Waals surface area contributed by atoms with Crippen molar-refractivity contribution >= 4 is 35.1 Å². The molecule has 0 aliphatic rings. The first-order chi connectivity index (χ1) is 12.3. The number of pyridine rings is 1. The van der Waals surface area contributed by atoms with Gasteiger partial charge in [-0.05, 0) is 33.8 Å². The zero-order valence-electron chi connectivity index (χ0n) is 15.0. The number of hydrogen-bond donors (Lipinski definition) is 0. The van der Waals surface area contributed by atoms with Crippen molar-refractivity contribution in [2.75, 3.05) is 13.2 Å². The number of rotatable bonds is 5. The Morgan fingerprint density at radius 3 is 1.92 bits per heavy atom. The summed E-state index contributed by atoms with van der Waals surface area (Å²) in [5.74, 6) is -1.18. The highest BCUT2D eigenvalue weighted by Gasteiger charge is 2.29. The molecule has 26 heavy (non-hydrogen) atoms. The SMILES string of the molecule is CCOC(=O)c1c(C)nc(C)c(C(=O)OCC)c1-c1cccc(Cl)c1Cl. The Morgan fingerprint density at radius 1 is 0.962 bits per heavy atom. The smallest absolute Gasteiger partial charge is 0.340 e. The van der Waals surface area contributed by atoms with Gasteiger partial charge in [0.15, 0.2) is 0 Å². The van der Waals surface area contributed by atoms with Crippen LogP contribution in [0.1, 0.15) is 46.0 Å². The fraction of sp³-hybridized carbons (Fsp3) is 0.316. The van der Waals surface area contributed by atoms with Crippen molar-refractivity contribution in [1.82, 2.24) is 4.98 Å². The molecule has 0 saturated carbocycles. The van der Waals surface area contributed by atoms with Crippen molar-refractivity contribution in [2.24, 2.45) is 0 Å². The monoisotopic (exact) mass is 395 g/mol. The van der Waals surface area contributed by atoms with Crippen molar-refractivity contribution in [3.8, 4) is 11.1 Å². The fourth-order valence-electron chi connectivity index (χ4n) is 2.72. The van der Waals surface area contributed by atoms with Gasteiger partial charge in [-0.1, -0.05) is 35.3 Å². The van der Waals surface area contributed by atoms with E-state index in [0.717, 1.165) is 0 Å². The molecular formula is C19H19Cl2NO4. The molecule has 7 heteroatoms. The van der Waals surface area contributed by atoms with Crippen molar-refractivity contribution in [2.45, 2.75) is 27.7 Å². The summed E-state index contributed by atoms with van der Waals surface area (Å²) in [4.78, 5) is 29.6. The van der Waals surface area contributed by atoms with Crippen LogP contribution in [0.3, 0.4) is 0 Å². The van der Waals surface area contributed by atoms with Gasteiger partial charge in [0, 0.05) is 11.1 Å². The summed E-state index contributed by atoms with van der Waals surface area (Å²) in [6.07, 6.45) is 0. The quantitative estimate of drug-likeness (QED) is 0.664. The number of ether oxygens (including phenoxy) is 2. The van der Waals surface area contributed by atoms with Crippen LogP contribution in [0.15, 0.2) is 18.2 Å². The van der Waals surface area contributed by atoms with Crippen LogP contribution in [-0.4, -0.2) is 30.1 Å². The van der Waals surface area contributed by atoms with Gasteiger partial charge < -0.3 is 9.47 Å². The average molecular weight is 396 g/mol. The number of carbonyl (C=O) groups is 2. The number of aromatic nitrogens is 1. The molecule has 1 aromatic carbocycles. The highest BCUT2D eigenvalue weighted by Crippen LogP contribution is 2.39. The van der Waals surface area contributed by atoms with Gasteiger partial charge in [0.25, 0.3) is 0 Å². The third-order valence-electron chi connectivity index (χ3n) is 3.74. The van der Waals surface area contributed by atoms with Gasteiger partial charge in [0.2, 0.25) is 0 Å². The Hall–Kier alpha value is -2.11. The minimum absolute atomic E-state index is 0.171. The van der Waals surface area contributed by atoms with E-state index in [1.807, 2.05) is 0 Å². The Morgan fingerprint density at radius 2 is 1.46 bits per heavy atom. The first-order valence-corrected chi connectivity index (χ1v) is 8.88. The Labute approximate surface area is 162 Å². The highest BCUT2D eigenvalue weighted by atomic mass is 35.5. The van der Waals surface area contributed by atoms with Gasteiger partial charge in [0.1, 0.15) is 0 Å². The van der Waals surface area contributed by atoms with Crippen LogP contribution in [0.25, 0.3) is 11.1 Å². The maximum Gasteiger partial charge on any atom is 0.340 e. The Kier molecular flexibility index (Phi) is 6.62. The molecule has 0 spiro atoms. The normalized spacial score (nSPS) is 10.5. The van der Waals surface area contributed by atoms with Gasteiger partial charge in [0.05, 0.1) is 45.8 Å². The molecule has 1 heterocycles. The topological polar surface area (TPSA) is 65.5 Å². The summed E-state index contributed by atoms with van der Waals surface area (Å²) in [6.45, 7) is 7.12. The molecule has 0 N–H and O–H groups in total. The first kappa shape index (κ1) is 20.2. The second-order valence-corrected chi connectivity index (χ2v) is 6.24. The summed E-state index contributed by atoms with van der Waals surface area (Å²) in [7, 11) is 0. The molecule has 2 rings (SSSR count). The van der Waals surface area contributed by atoms with Crippen LogP contribution in [0.5, 0.6) is 0 Å². The standard InChI is InChI=1S/C19H19Cl2NO4/c1-5-25-18(23)14-10(3)22-11(4)15(19(24)26-6-2)16(14)12-8-7-9-13(20)17(12)21/h7-9H,5-6H2,1-4H3. The van der Waals surface area contributed by atoms with E-state index in [1.165, 1.54) is 0 Å². The lowest BCUT2D eigenvalue weighted by Gasteiger charge is -2.18. The lowest BCUT2D eigenvalue weighted by Crippen LogP contribution is -2.17. The van der Waals surface area contributed by atoms with Crippen molar-refractivity contribution in [3.63, 3.8) is 0 Å². The fourth-order valence-corrected chi connectivity index (χ4v) is 3.12. The van der Waals surface area contributed by atoms with Gasteiger partial charge in [-0.15, -0.1) is 0 Å². The van der Waals surface area contributed by atoms with E-state index in [-0.39, 0.29) is 29.4 Å². The van der Waals surface area contributed by atoms with E-state index in [2.05, 4.69) is 4.98 Å². The first-order valence-electron chi connectivity index (χ1n) is 8.13. The number of aryl methyl sites for hydroxylation is 2. The summed E-state index contributed by atoms with van der Waals surface area (Å²) >= 11 is 12.5. The van der Waals surface area contributed by atoms with E-state index < -0.39 is 11.9 Å². The molecule has 0 unspecified atom stereocenters. The summed E-state index contributed by atoms with van der Waals surface area (Å²) in [6, 6.07) is 5.01. The number of carbonyl (C=O) groups excluding carboxylic acids is 2. The predicted octanol–water partition coefficient (Wildman–Crippen LogP) is 5.03. The molecule has 0 saturated heterocycles. The van der Waals surface area contributed by atoms with Crippen LogP contribution < -0.4 is 0 Å². The maximum absolute atomic E-state index is 12.6. The lowest BCUT2D eigenvalue weighted by molar-refractivity contribution is 0.0525. The Bertz CT molecular complexity index is 823. The molecule has 0 bridgehead atoms. The number of nitrogens with zero attached hydrogens (tertiary/aromatic N) is 1. The molecule has 0 atom stereocenters. The van der Waals surface area contributed by atoms with Crippen LogP contribution >= 0.6 is 23.2 Å². The molecule has 0 fully saturated rings. The van der Waals surface area contributed by atoms with Gasteiger partial charge in [-0.25, -0.2) is 9.59 Å². The van der Waals surface area contributed by atoms with Gasteiger partial charge >= 0.3 is 11.9 Å². The molecule has 5 nitrogen and oxygen atoms in total. The third-order valence-corrected chi connectivity index (χ3v) is 4.56. The summed E-state index contributed by atoms with van der Waals surface area (Å²) in [5.41, 5.74) is 1.97. The summed E-state index contributed by atoms with van der Waals surface area (Å²) < 4.78 is 10.3. The molecular weight excluding hydrogens is 377 g/mol. The number of esters is 2. The highest BCUT2D eigenvalue weighted by molar-refractivity contribution is 6.44. The number of benzene rings is 1. The maximum atomic E-state index is 12.6. The Balaban J connectivity index is 2.93. The molecule has 2 aromatic rings. The number of halogens is 2. The third kappa shape index (κ3) is 3.84. The molecule has 138 valence electrons. The van der Waals surface area contributed by atoms with Crippen LogP contribution in [0.2, 0.25) is 10.0 Å². The zero-order chi connectivity index (χ0) is 19.4. The number of hydrogen-bond acceptors (Lipinski definition) is 5. The second kappa shape index (κ2) is 8.52. The van der Waals surface area contributed by atoms with Gasteiger partial charge in [-0.3, -0.25) is 4.98 Å². The molecule has 0 radical (unpaired) electrons. The molecule has 1 aromatic heterocycles. The average Bonchev–Trinajstić information content (AvgIpc) is 2.57. The van der Waals surface area contributed by atoms with Crippen LogP contribution in [0, 0.1) is 13.8 Å².